The fraction of sp³-hybridized carbons (Fsp3) is 0.125. The van der Waals surface area contributed by atoms with Crippen LogP contribution in [0.1, 0.15) is 10.8 Å². The van der Waals surface area contributed by atoms with Gasteiger partial charge in [-0.3, -0.25) is 0 Å². The summed E-state index contributed by atoms with van der Waals surface area (Å²) in [5.41, 5.74) is 6.99. The zero-order valence-electron chi connectivity index (χ0n) is 5.90. The fourth-order valence-corrected chi connectivity index (χ4v) is 0.982. The Bertz CT molecular complexity index is 262. The lowest BCUT2D eigenvalue weighted by molar-refractivity contribution is -0.107. The molecule has 0 aliphatic heterocycles. The summed E-state index contributed by atoms with van der Waals surface area (Å²) in [7, 11) is 0. The molecule has 0 fully saturated rings. The summed E-state index contributed by atoms with van der Waals surface area (Å²) in [6.07, 6.45) is 0.776. The molecule has 0 aromatic heterocycles. The molecule has 3 heteroatoms. The van der Waals surface area contributed by atoms with E-state index in [0.29, 0.717) is 5.69 Å². The first-order valence-electron chi connectivity index (χ1n) is 3.23. The first-order chi connectivity index (χ1) is 5.24. The number of carbonyl (C=O) groups is 1. The van der Waals surface area contributed by atoms with E-state index < -0.39 is 0 Å². The molecular weight excluding hydrogens is 158 g/mol. The Morgan fingerprint density at radius 1 is 1.55 bits per heavy atom. The third kappa shape index (κ3) is 1.98. The average Bonchev–Trinajstić information content (AvgIpc) is 2.03. The highest BCUT2D eigenvalue weighted by Gasteiger charge is 2.02. The third-order valence-electron chi connectivity index (χ3n) is 1.38. The van der Waals surface area contributed by atoms with Crippen LogP contribution in [-0.4, -0.2) is 6.29 Å². The van der Waals surface area contributed by atoms with E-state index >= 15 is 0 Å². The highest BCUT2D eigenvalue weighted by Crippen LogP contribution is 2.18. The molecular formula is C8H9NOS. The Morgan fingerprint density at radius 3 is 2.82 bits per heavy atom. The van der Waals surface area contributed by atoms with Crippen molar-refractivity contribution in [3.05, 3.63) is 29.8 Å². The Labute approximate surface area is 70.8 Å². The van der Waals surface area contributed by atoms with Gasteiger partial charge >= 0.3 is 0 Å². The van der Waals surface area contributed by atoms with Gasteiger partial charge in [-0.1, -0.05) is 12.1 Å². The quantitative estimate of drug-likeness (QED) is 0.397. The van der Waals surface area contributed by atoms with Crippen LogP contribution >= 0.6 is 12.6 Å². The predicted octanol–water partition coefficient (Wildman–Crippen LogP) is 1.44. The molecule has 2 N–H and O–H groups in total. The molecule has 0 bridgehead atoms. The van der Waals surface area contributed by atoms with Crippen molar-refractivity contribution in [3.8, 4) is 0 Å². The zero-order chi connectivity index (χ0) is 8.27. The SMILES string of the molecule is Nc1cccc(C(S)C=O)c1. The van der Waals surface area contributed by atoms with Crippen LogP contribution in [0.5, 0.6) is 0 Å². The number of benzene rings is 1. The fourth-order valence-electron chi connectivity index (χ4n) is 0.822. The van der Waals surface area contributed by atoms with Crippen molar-refractivity contribution in [2.24, 2.45) is 0 Å². The van der Waals surface area contributed by atoms with Crippen LogP contribution in [0.15, 0.2) is 24.3 Å². The lowest BCUT2D eigenvalue weighted by atomic mass is 10.1. The monoisotopic (exact) mass is 167 g/mol. The molecule has 1 aromatic carbocycles. The molecule has 0 amide bonds. The lowest BCUT2D eigenvalue weighted by Gasteiger charge is -2.02. The van der Waals surface area contributed by atoms with E-state index in [1.54, 1.807) is 18.2 Å². The van der Waals surface area contributed by atoms with E-state index in [-0.39, 0.29) is 5.25 Å². The van der Waals surface area contributed by atoms with Crippen LogP contribution in [0.2, 0.25) is 0 Å². The summed E-state index contributed by atoms with van der Waals surface area (Å²) >= 11 is 4.04. The number of aldehydes is 1. The predicted molar refractivity (Wildman–Crippen MR) is 48.6 cm³/mol. The maximum Gasteiger partial charge on any atom is 0.137 e. The van der Waals surface area contributed by atoms with E-state index in [9.17, 15) is 4.79 Å². The van der Waals surface area contributed by atoms with Gasteiger partial charge in [-0.2, -0.15) is 12.6 Å². The van der Waals surface area contributed by atoms with Crippen LogP contribution in [0, 0.1) is 0 Å². The second-order valence-corrected chi connectivity index (χ2v) is 2.81. The molecule has 0 heterocycles. The summed E-state index contributed by atoms with van der Waals surface area (Å²) < 4.78 is 0. The number of carbonyl (C=O) groups excluding carboxylic acids is 1. The van der Waals surface area contributed by atoms with Crippen LogP contribution in [0.3, 0.4) is 0 Å². The Kier molecular flexibility index (Phi) is 2.54. The molecule has 1 aromatic rings. The summed E-state index contributed by atoms with van der Waals surface area (Å²) in [4.78, 5) is 10.3. The topological polar surface area (TPSA) is 43.1 Å². The summed E-state index contributed by atoms with van der Waals surface area (Å²) in [5, 5.41) is -0.363. The van der Waals surface area contributed by atoms with Gasteiger partial charge in [0.25, 0.3) is 0 Å². The van der Waals surface area contributed by atoms with E-state index in [2.05, 4.69) is 12.6 Å². The minimum Gasteiger partial charge on any atom is -0.399 e. The highest BCUT2D eigenvalue weighted by molar-refractivity contribution is 7.81. The number of hydrogen-bond acceptors (Lipinski definition) is 3. The van der Waals surface area contributed by atoms with Gasteiger partial charge in [-0.05, 0) is 17.7 Å². The van der Waals surface area contributed by atoms with Gasteiger partial charge in [0, 0.05) is 5.69 Å². The smallest absolute Gasteiger partial charge is 0.137 e. The second-order valence-electron chi connectivity index (χ2n) is 2.25. The van der Waals surface area contributed by atoms with E-state index in [0.717, 1.165) is 11.8 Å². The minimum atomic E-state index is -0.363. The van der Waals surface area contributed by atoms with Crippen LogP contribution in [-0.2, 0) is 4.79 Å². The van der Waals surface area contributed by atoms with Crippen molar-refractivity contribution in [3.63, 3.8) is 0 Å². The standard InChI is InChI=1S/C8H9NOS/c9-7-3-1-2-6(4-7)8(11)5-10/h1-5,8,11H,9H2. The lowest BCUT2D eigenvalue weighted by Crippen LogP contribution is -1.92. The second kappa shape index (κ2) is 3.44. The van der Waals surface area contributed by atoms with E-state index in [4.69, 9.17) is 5.73 Å². The summed E-state index contributed by atoms with van der Waals surface area (Å²) in [6, 6.07) is 7.14. The maximum absolute atomic E-state index is 10.3. The van der Waals surface area contributed by atoms with Gasteiger partial charge in [-0.15, -0.1) is 0 Å². The average molecular weight is 167 g/mol. The van der Waals surface area contributed by atoms with Gasteiger partial charge in [0.1, 0.15) is 6.29 Å². The largest absolute Gasteiger partial charge is 0.399 e. The third-order valence-corrected chi connectivity index (χ3v) is 1.80. The molecule has 0 saturated carbocycles. The Morgan fingerprint density at radius 2 is 2.27 bits per heavy atom. The van der Waals surface area contributed by atoms with E-state index in [1.165, 1.54) is 0 Å². The van der Waals surface area contributed by atoms with Crippen molar-refractivity contribution < 1.29 is 4.79 Å². The minimum absolute atomic E-state index is 0.363. The molecule has 0 saturated heterocycles. The molecule has 58 valence electrons. The van der Waals surface area contributed by atoms with Crippen molar-refractivity contribution in [1.29, 1.82) is 0 Å². The molecule has 1 rings (SSSR count). The number of nitrogens with two attached hydrogens (primary N) is 1. The van der Waals surface area contributed by atoms with Crippen LogP contribution in [0.25, 0.3) is 0 Å². The first-order valence-corrected chi connectivity index (χ1v) is 3.74. The molecule has 11 heavy (non-hydrogen) atoms. The normalized spacial score (nSPS) is 12.5. The van der Waals surface area contributed by atoms with Gasteiger partial charge in [0.2, 0.25) is 0 Å². The van der Waals surface area contributed by atoms with E-state index in [1.807, 2.05) is 6.07 Å². The van der Waals surface area contributed by atoms with Gasteiger partial charge < -0.3 is 10.5 Å². The first kappa shape index (κ1) is 8.14. The maximum atomic E-state index is 10.3. The molecule has 0 aliphatic carbocycles. The van der Waals surface area contributed by atoms with Crippen LogP contribution < -0.4 is 5.73 Å². The Balaban J connectivity index is 2.95. The van der Waals surface area contributed by atoms with Crippen molar-refractivity contribution in [1.82, 2.24) is 0 Å². The number of rotatable bonds is 2. The van der Waals surface area contributed by atoms with Gasteiger partial charge in [0.15, 0.2) is 0 Å². The summed E-state index contributed by atoms with van der Waals surface area (Å²) in [6.45, 7) is 0. The molecule has 1 unspecified atom stereocenters. The van der Waals surface area contributed by atoms with Gasteiger partial charge in [0.05, 0.1) is 5.25 Å². The van der Waals surface area contributed by atoms with Gasteiger partial charge in [-0.25, -0.2) is 0 Å². The molecule has 0 aliphatic rings. The zero-order valence-corrected chi connectivity index (χ0v) is 6.79. The highest BCUT2D eigenvalue weighted by atomic mass is 32.1. The summed E-state index contributed by atoms with van der Waals surface area (Å²) in [5.74, 6) is 0. The molecule has 0 spiro atoms. The molecule has 1 atom stereocenters. The number of nitrogen functional groups attached to an aromatic ring is 1. The molecule has 2 nitrogen and oxygen atoms in total. The number of thiol groups is 1. The molecule has 0 radical (unpaired) electrons. The Hall–Kier alpha value is -0.960. The number of hydrogen-bond donors (Lipinski definition) is 2. The number of anilines is 1. The van der Waals surface area contributed by atoms with Crippen LogP contribution in [0.4, 0.5) is 5.69 Å². The van der Waals surface area contributed by atoms with Crippen molar-refractivity contribution in [2.75, 3.05) is 5.73 Å². The van der Waals surface area contributed by atoms with Crippen molar-refractivity contribution in [2.45, 2.75) is 5.25 Å². The van der Waals surface area contributed by atoms with Crippen molar-refractivity contribution >= 4 is 24.6 Å².